The number of unbranched alkanes of at least 4 members (excludes halogenated alkanes) is 1. The predicted molar refractivity (Wildman–Crippen MR) is 85.1 cm³/mol. The molecule has 0 saturated heterocycles. The van der Waals surface area contributed by atoms with Crippen LogP contribution in [0.25, 0.3) is 0 Å². The number of benzene rings is 1. The second-order valence-corrected chi connectivity index (χ2v) is 5.78. The van der Waals surface area contributed by atoms with Crippen molar-refractivity contribution in [3.63, 3.8) is 0 Å². The molecule has 0 heterocycles. The van der Waals surface area contributed by atoms with Gasteiger partial charge < -0.3 is 14.4 Å². The van der Waals surface area contributed by atoms with Gasteiger partial charge in [0, 0.05) is 13.6 Å². The van der Waals surface area contributed by atoms with E-state index >= 15 is 0 Å². The monoisotopic (exact) mass is 293 g/mol. The standard InChI is InChI=1S/C17H27NO3/c1-7-8-11-18(4)16(19)17(2,3)13-9-10-14(20-5)15(12-13)21-6/h9-10,12H,7-8,11H2,1-6H3. The number of hydrogen-bond acceptors (Lipinski definition) is 3. The summed E-state index contributed by atoms with van der Waals surface area (Å²) in [6.07, 6.45) is 2.10. The molecule has 0 aliphatic rings. The summed E-state index contributed by atoms with van der Waals surface area (Å²) in [4.78, 5) is 14.5. The van der Waals surface area contributed by atoms with Gasteiger partial charge >= 0.3 is 0 Å². The number of likely N-dealkylation sites (N-methyl/N-ethyl adjacent to an activating group) is 1. The summed E-state index contributed by atoms with van der Waals surface area (Å²) in [6, 6.07) is 5.65. The van der Waals surface area contributed by atoms with Gasteiger partial charge in [0.1, 0.15) is 0 Å². The average molecular weight is 293 g/mol. The highest BCUT2D eigenvalue weighted by atomic mass is 16.5. The normalized spacial score (nSPS) is 11.1. The van der Waals surface area contributed by atoms with E-state index in [1.807, 2.05) is 39.1 Å². The first kappa shape index (κ1) is 17.3. The number of ether oxygens (including phenoxy) is 2. The van der Waals surface area contributed by atoms with Crippen molar-refractivity contribution in [2.24, 2.45) is 0 Å². The first-order chi connectivity index (χ1) is 9.88. The van der Waals surface area contributed by atoms with Crippen LogP contribution in [0.3, 0.4) is 0 Å². The number of nitrogens with zero attached hydrogens (tertiary/aromatic N) is 1. The van der Waals surface area contributed by atoms with Crippen LogP contribution in [0.15, 0.2) is 18.2 Å². The molecule has 0 N–H and O–H groups in total. The molecule has 0 fully saturated rings. The van der Waals surface area contributed by atoms with Crippen LogP contribution in [0.4, 0.5) is 0 Å². The van der Waals surface area contributed by atoms with Gasteiger partial charge in [0.05, 0.1) is 19.6 Å². The number of carbonyl (C=O) groups is 1. The van der Waals surface area contributed by atoms with Gasteiger partial charge in [-0.15, -0.1) is 0 Å². The van der Waals surface area contributed by atoms with Gasteiger partial charge in [0.15, 0.2) is 11.5 Å². The molecule has 1 aromatic carbocycles. The largest absolute Gasteiger partial charge is 0.493 e. The Labute approximate surface area is 128 Å². The topological polar surface area (TPSA) is 38.8 Å². The predicted octanol–water partition coefficient (Wildman–Crippen LogP) is 3.24. The lowest BCUT2D eigenvalue weighted by molar-refractivity contribution is -0.135. The van der Waals surface area contributed by atoms with Crippen molar-refractivity contribution in [1.29, 1.82) is 0 Å². The van der Waals surface area contributed by atoms with Crippen molar-refractivity contribution in [1.82, 2.24) is 4.90 Å². The van der Waals surface area contributed by atoms with Crippen LogP contribution in [0.1, 0.15) is 39.2 Å². The Morgan fingerprint density at radius 3 is 2.33 bits per heavy atom. The van der Waals surface area contributed by atoms with E-state index in [-0.39, 0.29) is 5.91 Å². The van der Waals surface area contributed by atoms with Gasteiger partial charge in [0.25, 0.3) is 0 Å². The van der Waals surface area contributed by atoms with Crippen molar-refractivity contribution in [2.75, 3.05) is 27.8 Å². The number of amides is 1. The molecule has 1 rings (SSSR count). The molecule has 0 aliphatic carbocycles. The second-order valence-electron chi connectivity index (χ2n) is 5.78. The molecular weight excluding hydrogens is 266 g/mol. The average Bonchev–Trinajstić information content (AvgIpc) is 2.50. The zero-order chi connectivity index (χ0) is 16.0. The summed E-state index contributed by atoms with van der Waals surface area (Å²) in [5.41, 5.74) is 0.329. The van der Waals surface area contributed by atoms with E-state index in [1.54, 1.807) is 19.1 Å². The minimum absolute atomic E-state index is 0.114. The first-order valence-corrected chi connectivity index (χ1v) is 7.36. The molecule has 1 amide bonds. The fourth-order valence-corrected chi connectivity index (χ4v) is 2.32. The SMILES string of the molecule is CCCCN(C)C(=O)C(C)(C)c1ccc(OC)c(OC)c1. The van der Waals surface area contributed by atoms with Gasteiger partial charge in [-0.25, -0.2) is 0 Å². The van der Waals surface area contributed by atoms with E-state index in [2.05, 4.69) is 6.92 Å². The lowest BCUT2D eigenvalue weighted by Crippen LogP contribution is -2.41. The van der Waals surface area contributed by atoms with E-state index in [4.69, 9.17) is 9.47 Å². The molecule has 0 spiro atoms. The molecule has 0 aromatic heterocycles. The Morgan fingerprint density at radius 2 is 1.81 bits per heavy atom. The lowest BCUT2D eigenvalue weighted by Gasteiger charge is -2.30. The Hall–Kier alpha value is -1.71. The van der Waals surface area contributed by atoms with Crippen LogP contribution >= 0.6 is 0 Å². The van der Waals surface area contributed by atoms with E-state index in [0.29, 0.717) is 11.5 Å². The fourth-order valence-electron chi connectivity index (χ4n) is 2.32. The van der Waals surface area contributed by atoms with Crippen LogP contribution < -0.4 is 9.47 Å². The Kier molecular flexibility index (Phi) is 6.06. The zero-order valence-corrected chi connectivity index (χ0v) is 14.0. The first-order valence-electron chi connectivity index (χ1n) is 7.36. The molecule has 0 unspecified atom stereocenters. The smallest absolute Gasteiger partial charge is 0.232 e. The number of carbonyl (C=O) groups excluding carboxylic acids is 1. The summed E-state index contributed by atoms with van der Waals surface area (Å²) in [5.74, 6) is 1.43. The molecule has 21 heavy (non-hydrogen) atoms. The molecule has 4 heteroatoms. The summed E-state index contributed by atoms with van der Waals surface area (Å²) in [5, 5.41) is 0. The van der Waals surface area contributed by atoms with Crippen LogP contribution in [0, 0.1) is 0 Å². The summed E-state index contributed by atoms with van der Waals surface area (Å²) >= 11 is 0. The summed E-state index contributed by atoms with van der Waals surface area (Å²) < 4.78 is 10.6. The van der Waals surface area contributed by atoms with Crippen molar-refractivity contribution < 1.29 is 14.3 Å². The highest BCUT2D eigenvalue weighted by Gasteiger charge is 2.32. The van der Waals surface area contributed by atoms with Crippen molar-refractivity contribution in [3.8, 4) is 11.5 Å². The lowest BCUT2D eigenvalue weighted by atomic mass is 9.83. The number of rotatable bonds is 7. The van der Waals surface area contributed by atoms with E-state index in [1.165, 1.54) is 0 Å². The van der Waals surface area contributed by atoms with Gasteiger partial charge in [-0.2, -0.15) is 0 Å². The Bertz CT molecular complexity index is 483. The molecule has 0 atom stereocenters. The Morgan fingerprint density at radius 1 is 1.19 bits per heavy atom. The molecule has 0 radical (unpaired) electrons. The quantitative estimate of drug-likeness (QED) is 0.774. The van der Waals surface area contributed by atoms with Crippen LogP contribution in [0.5, 0.6) is 11.5 Å². The maximum Gasteiger partial charge on any atom is 0.232 e. The highest BCUT2D eigenvalue weighted by Crippen LogP contribution is 2.34. The van der Waals surface area contributed by atoms with E-state index < -0.39 is 5.41 Å². The van der Waals surface area contributed by atoms with Crippen LogP contribution in [-0.4, -0.2) is 38.6 Å². The van der Waals surface area contributed by atoms with Crippen molar-refractivity contribution in [2.45, 2.75) is 39.0 Å². The maximum atomic E-state index is 12.7. The maximum absolute atomic E-state index is 12.7. The number of methoxy groups -OCH3 is 2. The van der Waals surface area contributed by atoms with Crippen molar-refractivity contribution in [3.05, 3.63) is 23.8 Å². The minimum Gasteiger partial charge on any atom is -0.493 e. The Balaban J connectivity index is 3.03. The summed E-state index contributed by atoms with van der Waals surface area (Å²) in [7, 11) is 5.07. The highest BCUT2D eigenvalue weighted by molar-refractivity contribution is 5.87. The molecule has 0 aliphatic heterocycles. The third-order valence-electron chi connectivity index (χ3n) is 3.83. The van der Waals surface area contributed by atoms with Gasteiger partial charge in [-0.05, 0) is 38.0 Å². The van der Waals surface area contributed by atoms with Gasteiger partial charge in [-0.3, -0.25) is 4.79 Å². The van der Waals surface area contributed by atoms with E-state index in [9.17, 15) is 4.79 Å². The van der Waals surface area contributed by atoms with E-state index in [0.717, 1.165) is 24.9 Å². The molecule has 1 aromatic rings. The summed E-state index contributed by atoms with van der Waals surface area (Å²) in [6.45, 7) is 6.79. The van der Waals surface area contributed by atoms with Gasteiger partial charge in [-0.1, -0.05) is 19.4 Å². The third kappa shape index (κ3) is 3.90. The fraction of sp³-hybridized carbons (Fsp3) is 0.588. The molecule has 4 nitrogen and oxygen atoms in total. The van der Waals surface area contributed by atoms with Crippen molar-refractivity contribution >= 4 is 5.91 Å². The second kappa shape index (κ2) is 7.34. The molecule has 0 bridgehead atoms. The zero-order valence-electron chi connectivity index (χ0n) is 14.0. The van der Waals surface area contributed by atoms with Crippen LogP contribution in [-0.2, 0) is 10.2 Å². The minimum atomic E-state index is -0.595. The molecule has 118 valence electrons. The molecule has 0 saturated carbocycles. The molecular formula is C17H27NO3. The third-order valence-corrected chi connectivity index (χ3v) is 3.83. The number of hydrogen-bond donors (Lipinski definition) is 0. The van der Waals surface area contributed by atoms with Gasteiger partial charge in [0.2, 0.25) is 5.91 Å². The van der Waals surface area contributed by atoms with Crippen LogP contribution in [0.2, 0.25) is 0 Å².